The molecule has 3 aromatic carbocycles. The van der Waals surface area contributed by atoms with Gasteiger partial charge < -0.3 is 14.8 Å². The van der Waals surface area contributed by atoms with E-state index in [4.69, 9.17) is 9.47 Å². The second-order valence-electron chi connectivity index (χ2n) is 6.82. The van der Waals surface area contributed by atoms with Crippen LogP contribution in [0, 0.1) is 0 Å². The van der Waals surface area contributed by atoms with Crippen molar-refractivity contribution in [1.82, 2.24) is 5.32 Å². The molecule has 1 atom stereocenters. The van der Waals surface area contributed by atoms with Crippen LogP contribution in [0.1, 0.15) is 16.7 Å². The Morgan fingerprint density at radius 3 is 2.42 bits per heavy atom. The van der Waals surface area contributed by atoms with Crippen LogP contribution in [-0.2, 0) is 16.1 Å². The molecule has 0 spiro atoms. The molecule has 156 valence electrons. The van der Waals surface area contributed by atoms with Crippen molar-refractivity contribution >= 4 is 23.4 Å². The molecule has 1 heterocycles. The highest BCUT2D eigenvalue weighted by Crippen LogP contribution is 2.32. The predicted molar refractivity (Wildman–Crippen MR) is 117 cm³/mol. The lowest BCUT2D eigenvalue weighted by molar-refractivity contribution is -0.117. The van der Waals surface area contributed by atoms with Crippen LogP contribution >= 0.6 is 0 Å². The van der Waals surface area contributed by atoms with Gasteiger partial charge in [0.1, 0.15) is 12.4 Å². The van der Waals surface area contributed by atoms with E-state index < -0.39 is 18.2 Å². The Labute approximate surface area is 179 Å². The number of carbonyl (C=O) groups is 2. The van der Waals surface area contributed by atoms with E-state index in [0.717, 1.165) is 11.1 Å². The van der Waals surface area contributed by atoms with Crippen molar-refractivity contribution < 1.29 is 19.1 Å². The number of carbonyl (C=O) groups excluding carboxylic acids is 2. The van der Waals surface area contributed by atoms with Crippen molar-refractivity contribution in [2.75, 3.05) is 12.4 Å². The van der Waals surface area contributed by atoms with Crippen LogP contribution in [0.4, 0.5) is 10.5 Å². The maximum Gasteiger partial charge on any atom is 0.409 e. The summed E-state index contributed by atoms with van der Waals surface area (Å²) in [6.45, 7) is 0.0876. The summed E-state index contributed by atoms with van der Waals surface area (Å²) in [5.41, 5.74) is 3.40. The highest BCUT2D eigenvalue weighted by atomic mass is 16.5. The van der Waals surface area contributed by atoms with E-state index in [1.54, 1.807) is 6.07 Å². The second kappa shape index (κ2) is 9.13. The maximum atomic E-state index is 12.9. The number of methoxy groups -OCH3 is 1. The van der Waals surface area contributed by atoms with Gasteiger partial charge >= 0.3 is 6.09 Å². The average Bonchev–Trinajstić information content (AvgIpc) is 2.95. The molecule has 7 nitrogen and oxygen atoms in total. The zero-order valence-electron chi connectivity index (χ0n) is 16.9. The van der Waals surface area contributed by atoms with Gasteiger partial charge in [-0.05, 0) is 11.6 Å². The summed E-state index contributed by atoms with van der Waals surface area (Å²) in [4.78, 5) is 29.8. The average molecular weight is 415 g/mol. The van der Waals surface area contributed by atoms with E-state index in [1.165, 1.54) is 7.11 Å². The topological polar surface area (TPSA) is 89.0 Å². The van der Waals surface area contributed by atoms with Crippen molar-refractivity contribution in [2.45, 2.75) is 12.8 Å². The first-order chi connectivity index (χ1) is 15.2. The molecule has 4 rings (SSSR count). The molecule has 7 heteroatoms. The maximum absolute atomic E-state index is 12.9. The first-order valence-corrected chi connectivity index (χ1v) is 9.74. The standard InChI is InChI=1S/C24H21N3O4/c1-30-19-14-8-13-18-20(17-11-6-3-7-12-17)25-22(23(28)26-21(18)19)27-24(29)31-15-16-9-4-2-5-10-16/h2-14,22H,15H2,1H3,(H,26,28)(H,27,29). The van der Waals surface area contributed by atoms with Crippen LogP contribution in [0.5, 0.6) is 5.75 Å². The molecule has 0 aromatic heterocycles. The summed E-state index contributed by atoms with van der Waals surface area (Å²) in [5.74, 6) is 0.00938. The summed E-state index contributed by atoms with van der Waals surface area (Å²) >= 11 is 0. The van der Waals surface area contributed by atoms with Gasteiger partial charge in [-0.3, -0.25) is 10.1 Å². The van der Waals surface area contributed by atoms with Crippen LogP contribution < -0.4 is 15.4 Å². The number of hydrogen-bond acceptors (Lipinski definition) is 5. The number of nitrogens with one attached hydrogen (secondary N) is 2. The van der Waals surface area contributed by atoms with E-state index in [-0.39, 0.29) is 6.61 Å². The van der Waals surface area contributed by atoms with Crippen molar-refractivity contribution in [3.63, 3.8) is 0 Å². The highest BCUT2D eigenvalue weighted by molar-refractivity contribution is 6.20. The molecule has 1 unspecified atom stereocenters. The number of alkyl carbamates (subject to hydrolysis) is 1. The molecule has 0 bridgehead atoms. The third-order valence-corrected chi connectivity index (χ3v) is 4.77. The Balaban J connectivity index is 1.63. The molecule has 0 aliphatic carbocycles. The Hall–Kier alpha value is -4.13. The van der Waals surface area contributed by atoms with E-state index in [1.807, 2.05) is 72.8 Å². The van der Waals surface area contributed by atoms with Crippen molar-refractivity contribution in [2.24, 2.45) is 4.99 Å². The minimum atomic E-state index is -1.17. The molecule has 2 N–H and O–H groups in total. The number of ether oxygens (including phenoxy) is 2. The molecule has 0 saturated carbocycles. The second-order valence-corrected chi connectivity index (χ2v) is 6.82. The van der Waals surface area contributed by atoms with Crippen molar-refractivity contribution in [3.8, 4) is 5.75 Å². The molecular formula is C24H21N3O4. The first kappa shape index (κ1) is 20.2. The van der Waals surface area contributed by atoms with Crippen LogP contribution in [0.2, 0.25) is 0 Å². The molecule has 2 amide bonds. The Morgan fingerprint density at radius 2 is 1.71 bits per heavy atom. The van der Waals surface area contributed by atoms with E-state index >= 15 is 0 Å². The summed E-state index contributed by atoms with van der Waals surface area (Å²) in [7, 11) is 1.53. The molecule has 1 aliphatic rings. The Kier molecular flexibility index (Phi) is 5.93. The minimum absolute atomic E-state index is 0.0876. The summed E-state index contributed by atoms with van der Waals surface area (Å²) < 4.78 is 10.7. The van der Waals surface area contributed by atoms with Gasteiger partial charge in [0.05, 0.1) is 18.5 Å². The first-order valence-electron chi connectivity index (χ1n) is 9.74. The predicted octanol–water partition coefficient (Wildman–Crippen LogP) is 3.74. The summed E-state index contributed by atoms with van der Waals surface area (Å²) in [6, 6.07) is 24.2. The third kappa shape index (κ3) is 4.56. The van der Waals surface area contributed by atoms with Gasteiger partial charge in [-0.1, -0.05) is 72.8 Å². The quantitative estimate of drug-likeness (QED) is 0.664. The molecule has 31 heavy (non-hydrogen) atoms. The van der Waals surface area contributed by atoms with E-state index in [9.17, 15) is 9.59 Å². The van der Waals surface area contributed by atoms with Crippen LogP contribution in [0.25, 0.3) is 0 Å². The number of hydrogen-bond donors (Lipinski definition) is 2. The largest absolute Gasteiger partial charge is 0.495 e. The number of amides is 2. The zero-order chi connectivity index (χ0) is 21.6. The lowest BCUT2D eigenvalue weighted by atomic mass is 10.0. The lowest BCUT2D eigenvalue weighted by Crippen LogP contribution is -2.42. The van der Waals surface area contributed by atoms with Gasteiger partial charge in [0, 0.05) is 11.1 Å². The monoisotopic (exact) mass is 415 g/mol. The van der Waals surface area contributed by atoms with E-state index in [0.29, 0.717) is 22.7 Å². The Morgan fingerprint density at radius 1 is 1.00 bits per heavy atom. The summed E-state index contributed by atoms with van der Waals surface area (Å²) in [5, 5.41) is 5.37. The van der Waals surface area contributed by atoms with Gasteiger partial charge in [0.2, 0.25) is 6.17 Å². The number of anilines is 1. The minimum Gasteiger partial charge on any atom is -0.495 e. The van der Waals surface area contributed by atoms with Crippen molar-refractivity contribution in [3.05, 3.63) is 95.6 Å². The normalized spacial score (nSPS) is 15.1. The third-order valence-electron chi connectivity index (χ3n) is 4.77. The fourth-order valence-corrected chi connectivity index (χ4v) is 3.28. The van der Waals surface area contributed by atoms with Gasteiger partial charge in [0.25, 0.3) is 5.91 Å². The van der Waals surface area contributed by atoms with Gasteiger partial charge in [-0.25, -0.2) is 9.79 Å². The number of nitrogens with zero attached hydrogens (tertiary/aromatic N) is 1. The molecule has 1 aliphatic heterocycles. The fourth-order valence-electron chi connectivity index (χ4n) is 3.28. The van der Waals surface area contributed by atoms with Crippen LogP contribution in [0.15, 0.2) is 83.9 Å². The number of rotatable bonds is 5. The van der Waals surface area contributed by atoms with Crippen LogP contribution in [0.3, 0.4) is 0 Å². The fraction of sp³-hybridized carbons (Fsp3) is 0.125. The summed E-state index contributed by atoms with van der Waals surface area (Å²) in [6.07, 6.45) is -1.91. The molecule has 0 saturated heterocycles. The molecule has 0 fully saturated rings. The van der Waals surface area contributed by atoms with Gasteiger partial charge in [-0.15, -0.1) is 0 Å². The van der Waals surface area contributed by atoms with Gasteiger partial charge in [-0.2, -0.15) is 0 Å². The number of fused-ring (bicyclic) bond motifs is 1. The number of aliphatic imine (C=N–C) groups is 1. The van der Waals surface area contributed by atoms with Crippen LogP contribution in [-0.4, -0.2) is 31.0 Å². The SMILES string of the molecule is COc1cccc2c1NC(=O)C(NC(=O)OCc1ccccc1)N=C2c1ccccc1. The smallest absolute Gasteiger partial charge is 0.409 e. The van der Waals surface area contributed by atoms with Gasteiger partial charge in [0.15, 0.2) is 0 Å². The molecular weight excluding hydrogens is 394 g/mol. The number of para-hydroxylation sites is 1. The molecule has 3 aromatic rings. The number of benzene rings is 3. The number of benzodiazepines with no additional fused rings is 1. The highest BCUT2D eigenvalue weighted by Gasteiger charge is 2.29. The zero-order valence-corrected chi connectivity index (χ0v) is 16.9. The lowest BCUT2D eigenvalue weighted by Gasteiger charge is -2.14. The van der Waals surface area contributed by atoms with E-state index in [2.05, 4.69) is 15.6 Å². The molecule has 0 radical (unpaired) electrons. The van der Waals surface area contributed by atoms with Crippen molar-refractivity contribution in [1.29, 1.82) is 0 Å². The Bertz CT molecular complexity index is 1110.